The van der Waals surface area contributed by atoms with Gasteiger partial charge in [-0.3, -0.25) is 54.6 Å². The van der Waals surface area contributed by atoms with Crippen LogP contribution in [0.4, 0.5) is 22.7 Å². The Kier molecular flexibility index (Phi) is 27.1. The molecule has 0 aliphatic rings. The number of aromatic amines is 1. The average molecular weight is 1330 g/mol. The predicted molar refractivity (Wildman–Crippen MR) is 359 cm³/mol. The number of guanidine groups is 3. The third-order valence-electron chi connectivity index (χ3n) is 14.7. The molecule has 0 spiro atoms. The molecule has 1 heterocycles. The molecule has 5 aromatic carbocycles. The summed E-state index contributed by atoms with van der Waals surface area (Å²) in [5, 5.41) is 63.2. The van der Waals surface area contributed by atoms with Crippen LogP contribution in [0.1, 0.15) is 98.9 Å². The van der Waals surface area contributed by atoms with Crippen molar-refractivity contribution in [2.45, 2.75) is 82.5 Å². The van der Waals surface area contributed by atoms with Gasteiger partial charge >= 0.3 is 5.97 Å². The normalized spacial score (nSPS) is 11.9. The number of methoxy groups -OCH3 is 4. The van der Waals surface area contributed by atoms with E-state index in [-0.39, 0.29) is 150 Å². The lowest BCUT2D eigenvalue weighted by Crippen LogP contribution is -2.45. The number of H-pyrrole nitrogens is 1. The molecule has 32 nitrogen and oxygen atoms in total. The summed E-state index contributed by atoms with van der Waals surface area (Å²) in [5.41, 5.74) is 18.3. The van der Waals surface area contributed by atoms with Crippen LogP contribution in [-0.4, -0.2) is 153 Å². The molecule has 0 saturated heterocycles. The van der Waals surface area contributed by atoms with Crippen LogP contribution in [0.3, 0.4) is 0 Å². The first-order valence-corrected chi connectivity index (χ1v) is 30.1. The Morgan fingerprint density at radius 1 is 0.458 bits per heavy atom. The summed E-state index contributed by atoms with van der Waals surface area (Å²) < 4.78 is 21.9. The number of anilines is 4. The van der Waals surface area contributed by atoms with Crippen molar-refractivity contribution in [3.05, 3.63) is 131 Å². The lowest BCUT2D eigenvalue weighted by atomic mass is 10.0. The van der Waals surface area contributed by atoms with Crippen molar-refractivity contribution in [1.29, 1.82) is 16.2 Å². The number of hydrogen-bond acceptors (Lipinski definition) is 16. The van der Waals surface area contributed by atoms with Crippen LogP contribution in [0.5, 0.6) is 23.0 Å². The second-order valence-electron chi connectivity index (χ2n) is 21.6. The van der Waals surface area contributed by atoms with Crippen molar-refractivity contribution in [2.24, 2.45) is 17.2 Å². The number of ether oxygens (including phenoxy) is 4. The summed E-state index contributed by atoms with van der Waals surface area (Å²) in [6.07, 6.45) is 2.68. The fraction of sp³-hybridized carbons (Fsp3) is 0.312. The van der Waals surface area contributed by atoms with E-state index >= 15 is 0 Å². The van der Waals surface area contributed by atoms with Crippen molar-refractivity contribution in [3.8, 4) is 23.0 Å². The van der Waals surface area contributed by atoms with E-state index in [4.69, 9.17) is 52.4 Å². The van der Waals surface area contributed by atoms with Gasteiger partial charge in [0.25, 0.3) is 23.6 Å². The standard InChI is InChI=1S/C64H80N18O14/c1-34(83)75-36-17-22-50(93-2)41(29-36)54(84)79-46(13-8-26-71-62(65)66)58(88)76-37-18-23-51(94-3)42(30-37)55(85)80-47(14-9-27-72-63(67)68)59(89)77-38-19-24-52(95-4)43(31-38)56(86)81-48(15-10-28-73-64(69)70)60(90)78-39-20-25-53(96-5)44(32-39)57(87)82-49(61(91)92)21-16-35-33-74-45-12-7-6-11-40(35)45/h6-7,11-12,17-20,22-25,29-33,46-49,74H,8-10,13-16,21,26-28H2,1-5H3,(H,75,83)(H,76,88)(H,77,89)(H,78,90)(H,79,84)(H,80,85)(H,81,86)(H,82,87)(H,91,92)(H4,65,66,71)(H4,67,68,72)(H4,69,70,73)/t46-,47-,48-,49-/m0/s1. The fourth-order valence-electron chi connectivity index (χ4n) is 9.98. The van der Waals surface area contributed by atoms with E-state index in [1.807, 2.05) is 24.3 Å². The third kappa shape index (κ3) is 21.5. The van der Waals surface area contributed by atoms with E-state index in [9.17, 15) is 48.3 Å². The lowest BCUT2D eigenvalue weighted by Gasteiger charge is -2.22. The number of rotatable bonds is 35. The second-order valence-corrected chi connectivity index (χ2v) is 21.6. The Bertz CT molecular complexity index is 3860. The molecule has 510 valence electrons. The molecule has 6 aromatic rings. The molecule has 22 N–H and O–H groups in total. The minimum absolute atomic E-state index is 0.00220. The van der Waals surface area contributed by atoms with Crippen LogP contribution >= 0.6 is 0 Å². The van der Waals surface area contributed by atoms with Gasteiger partial charge < -0.3 is 105 Å². The molecule has 8 amide bonds. The zero-order valence-corrected chi connectivity index (χ0v) is 53.4. The number of benzene rings is 5. The molecule has 1 aromatic heterocycles. The Balaban J connectivity index is 1.20. The molecular weight excluding hydrogens is 1240 g/mol. The number of carboxylic acids is 1. The lowest BCUT2D eigenvalue weighted by molar-refractivity contribution is -0.139. The van der Waals surface area contributed by atoms with Crippen LogP contribution in [0.15, 0.2) is 103 Å². The van der Waals surface area contributed by atoms with Crippen LogP contribution in [0.2, 0.25) is 0 Å². The molecule has 0 aliphatic carbocycles. The van der Waals surface area contributed by atoms with Crippen molar-refractivity contribution in [2.75, 3.05) is 69.3 Å². The Morgan fingerprint density at radius 3 is 1.09 bits per heavy atom. The number of carboxylic acid groups (broad SMARTS) is 1. The van der Waals surface area contributed by atoms with Gasteiger partial charge in [-0.25, -0.2) is 4.79 Å². The number of hydrogen-bond donors (Lipinski definition) is 19. The van der Waals surface area contributed by atoms with Gasteiger partial charge in [0.2, 0.25) is 23.6 Å². The van der Waals surface area contributed by atoms with Crippen LogP contribution < -0.4 is 94.6 Å². The zero-order valence-electron chi connectivity index (χ0n) is 53.4. The maximum absolute atomic E-state index is 14.4. The molecule has 0 aliphatic heterocycles. The molecule has 0 fully saturated rings. The smallest absolute Gasteiger partial charge is 0.326 e. The maximum Gasteiger partial charge on any atom is 0.326 e. The van der Waals surface area contributed by atoms with Gasteiger partial charge in [-0.15, -0.1) is 0 Å². The number of para-hydroxylation sites is 1. The summed E-state index contributed by atoms with van der Waals surface area (Å²) in [6.45, 7) is 1.69. The first kappa shape index (κ1) is 72.9. The van der Waals surface area contributed by atoms with Gasteiger partial charge in [0.05, 0.1) is 50.7 Å². The number of fused-ring (bicyclic) bond motifs is 1. The van der Waals surface area contributed by atoms with E-state index in [0.717, 1.165) is 16.5 Å². The molecular formula is C64H80N18O14. The fourth-order valence-corrected chi connectivity index (χ4v) is 9.98. The summed E-state index contributed by atoms with van der Waals surface area (Å²) >= 11 is 0. The van der Waals surface area contributed by atoms with Crippen molar-refractivity contribution in [3.63, 3.8) is 0 Å². The molecule has 0 radical (unpaired) electrons. The first-order valence-electron chi connectivity index (χ1n) is 30.1. The minimum atomic E-state index is -1.34. The topological polar surface area (TPSA) is 509 Å². The molecule has 32 heteroatoms. The number of aryl methyl sites for hydroxylation is 1. The molecule has 0 saturated carbocycles. The highest BCUT2D eigenvalue weighted by atomic mass is 16.5. The Labute approximate surface area is 551 Å². The van der Waals surface area contributed by atoms with E-state index in [1.165, 1.54) is 108 Å². The molecule has 96 heavy (non-hydrogen) atoms. The Hall–Kier alpha value is -12.1. The van der Waals surface area contributed by atoms with E-state index in [2.05, 4.69) is 63.5 Å². The molecule has 0 bridgehead atoms. The van der Waals surface area contributed by atoms with Crippen LogP contribution in [-0.2, 0) is 30.4 Å². The van der Waals surface area contributed by atoms with Gasteiger partial charge in [-0.1, -0.05) is 18.2 Å². The first-order chi connectivity index (χ1) is 45.9. The van der Waals surface area contributed by atoms with Gasteiger partial charge in [-0.05, 0) is 136 Å². The maximum atomic E-state index is 14.4. The van der Waals surface area contributed by atoms with Crippen molar-refractivity contribution in [1.82, 2.24) is 42.2 Å². The number of aliphatic carboxylic acids is 1. The van der Waals surface area contributed by atoms with Gasteiger partial charge in [-0.2, -0.15) is 0 Å². The number of amides is 8. The second kappa shape index (κ2) is 35.6. The number of carbonyl (C=O) groups excluding carboxylic acids is 8. The largest absolute Gasteiger partial charge is 0.496 e. The van der Waals surface area contributed by atoms with Crippen LogP contribution in [0.25, 0.3) is 10.9 Å². The SMILES string of the molecule is COc1ccc(NC(=O)[C@H](CCCNC(=N)N)NC(=O)c2cc(NC(=O)[C@H](CCCNC(=N)N)NC(=O)c3cc(NC(=O)[C@H](CCCNC(=N)N)NC(=O)c4cc(NC(C)=O)ccc4OC)ccc3OC)ccc2OC)cc1C(=O)N[C@@H](CCc1c[nH]c2ccccc12)C(=O)O. The number of aromatic nitrogens is 1. The van der Waals surface area contributed by atoms with Gasteiger partial charge in [0, 0.05) is 66.4 Å². The van der Waals surface area contributed by atoms with Crippen molar-refractivity contribution < 1.29 is 67.2 Å². The number of carbonyl (C=O) groups is 9. The Morgan fingerprint density at radius 2 is 0.781 bits per heavy atom. The highest BCUT2D eigenvalue weighted by molar-refractivity contribution is 6.08. The minimum Gasteiger partial charge on any atom is -0.496 e. The predicted octanol–water partition coefficient (Wildman–Crippen LogP) is 2.98. The summed E-state index contributed by atoms with van der Waals surface area (Å²) in [4.78, 5) is 127. The van der Waals surface area contributed by atoms with Gasteiger partial charge in [0.15, 0.2) is 17.9 Å². The van der Waals surface area contributed by atoms with E-state index in [0.29, 0.717) is 6.42 Å². The summed E-state index contributed by atoms with van der Waals surface area (Å²) in [6, 6.07) is 19.0. The van der Waals surface area contributed by atoms with Gasteiger partial charge in [0.1, 0.15) is 47.2 Å². The van der Waals surface area contributed by atoms with Crippen molar-refractivity contribution >= 4 is 105 Å². The monoisotopic (exact) mass is 1320 g/mol. The highest BCUT2D eigenvalue weighted by Gasteiger charge is 2.30. The average Bonchev–Trinajstić information content (AvgIpc) is 1.97. The highest BCUT2D eigenvalue weighted by Crippen LogP contribution is 2.29. The number of nitrogens with one attached hydrogen (secondary N) is 15. The molecule has 0 unspecified atom stereocenters. The third-order valence-corrected chi connectivity index (χ3v) is 14.7. The summed E-state index contributed by atoms with van der Waals surface area (Å²) in [5.74, 6) is -7.92. The van der Waals surface area contributed by atoms with Crippen LogP contribution in [0, 0.1) is 16.2 Å². The molecule has 6 rings (SSSR count). The van der Waals surface area contributed by atoms with E-state index in [1.54, 1.807) is 6.20 Å². The summed E-state index contributed by atoms with van der Waals surface area (Å²) in [7, 11) is 5.24. The number of nitrogens with two attached hydrogens (primary N) is 3. The zero-order chi connectivity index (χ0) is 70.0. The molecule has 4 atom stereocenters. The quantitative estimate of drug-likeness (QED) is 0.0154. The van der Waals surface area contributed by atoms with E-state index < -0.39 is 77.4 Å².